The highest BCUT2D eigenvalue weighted by Crippen LogP contribution is 2.34. The van der Waals surface area contributed by atoms with Crippen LogP contribution in [0, 0.1) is 11.3 Å². The summed E-state index contributed by atoms with van der Waals surface area (Å²) in [6, 6.07) is 12.4. The van der Waals surface area contributed by atoms with Crippen molar-refractivity contribution in [1.29, 1.82) is 5.26 Å². The Morgan fingerprint density at radius 1 is 1.31 bits per heavy atom. The van der Waals surface area contributed by atoms with Crippen molar-refractivity contribution in [3.8, 4) is 11.8 Å². The van der Waals surface area contributed by atoms with Crippen LogP contribution in [0.25, 0.3) is 0 Å². The summed E-state index contributed by atoms with van der Waals surface area (Å²) in [5.74, 6) is 0.897. The summed E-state index contributed by atoms with van der Waals surface area (Å²) < 4.78 is 42.5. The van der Waals surface area contributed by atoms with Gasteiger partial charge in [0.25, 0.3) is 0 Å². The zero-order valence-corrected chi connectivity index (χ0v) is 17.7. The molecule has 2 fully saturated rings. The van der Waals surface area contributed by atoms with E-state index in [0.717, 1.165) is 12.8 Å². The Hall–Kier alpha value is -2.80. The largest absolute Gasteiger partial charge is 0.434 e. The fraction of sp³-hybridized carbons (Fsp3) is 0.478. The molecule has 0 unspecified atom stereocenters. The van der Waals surface area contributed by atoms with E-state index in [9.17, 15) is 8.78 Å². The van der Waals surface area contributed by atoms with Crippen LogP contribution in [0.15, 0.2) is 42.6 Å². The minimum Gasteiger partial charge on any atom is -0.434 e. The van der Waals surface area contributed by atoms with Crippen molar-refractivity contribution in [2.24, 2.45) is 0 Å². The Balaban J connectivity index is 1.36. The number of nitriles is 1. The molecule has 2 aliphatic rings. The Bertz CT molecular complexity index is 938. The number of ether oxygens (including phenoxy) is 3. The molecule has 0 aliphatic carbocycles. The van der Waals surface area contributed by atoms with Crippen LogP contribution in [0.4, 0.5) is 14.6 Å². The zero-order valence-electron chi connectivity index (χ0n) is 17.7. The summed E-state index contributed by atoms with van der Waals surface area (Å²) >= 11 is 0. The van der Waals surface area contributed by atoms with Crippen LogP contribution in [0.3, 0.4) is 0 Å². The molecule has 1 aromatic heterocycles. The van der Waals surface area contributed by atoms with E-state index in [2.05, 4.69) is 26.0 Å². The highest BCUT2D eigenvalue weighted by atomic mass is 19.3. The maximum Gasteiger partial charge on any atom is 0.387 e. The quantitative estimate of drug-likeness (QED) is 0.701. The van der Waals surface area contributed by atoms with Crippen molar-refractivity contribution < 1.29 is 23.0 Å². The van der Waals surface area contributed by atoms with E-state index in [1.807, 2.05) is 12.1 Å². The van der Waals surface area contributed by atoms with Gasteiger partial charge in [-0.1, -0.05) is 18.2 Å². The van der Waals surface area contributed by atoms with Crippen LogP contribution in [0.2, 0.25) is 0 Å². The summed E-state index contributed by atoms with van der Waals surface area (Å²) in [5, 5.41) is 12.1. The molecule has 170 valence electrons. The average molecular weight is 444 g/mol. The lowest BCUT2D eigenvalue weighted by atomic mass is 9.99. The van der Waals surface area contributed by atoms with Gasteiger partial charge < -0.3 is 19.5 Å². The highest BCUT2D eigenvalue weighted by Gasteiger charge is 2.43. The lowest BCUT2D eigenvalue weighted by Gasteiger charge is -2.32. The van der Waals surface area contributed by atoms with Crippen LogP contribution in [-0.4, -0.2) is 61.0 Å². The summed E-state index contributed by atoms with van der Waals surface area (Å²) in [6.45, 7) is 0.632. The first-order valence-corrected chi connectivity index (χ1v) is 10.7. The van der Waals surface area contributed by atoms with Crippen LogP contribution in [-0.2, 0) is 16.0 Å². The smallest absolute Gasteiger partial charge is 0.387 e. The van der Waals surface area contributed by atoms with Crippen LogP contribution >= 0.6 is 0 Å². The second kappa shape index (κ2) is 10.2. The molecule has 2 aromatic rings. The molecular formula is C23H26F2N4O3. The third-order valence-electron chi connectivity index (χ3n) is 5.75. The van der Waals surface area contributed by atoms with Gasteiger partial charge in [0, 0.05) is 37.9 Å². The van der Waals surface area contributed by atoms with Gasteiger partial charge in [-0.3, -0.25) is 4.90 Å². The number of nitrogens with zero attached hydrogens (tertiary/aromatic N) is 3. The van der Waals surface area contributed by atoms with Gasteiger partial charge in [0.05, 0.1) is 24.9 Å². The molecule has 1 N–H and O–H groups in total. The number of rotatable bonds is 7. The summed E-state index contributed by atoms with van der Waals surface area (Å²) in [4.78, 5) is 6.41. The Kier molecular flexibility index (Phi) is 7.15. The second-order valence-corrected chi connectivity index (χ2v) is 8.14. The second-order valence-electron chi connectivity index (χ2n) is 8.14. The molecule has 7 nitrogen and oxygen atoms in total. The molecule has 2 aliphatic heterocycles. The molecule has 0 radical (unpaired) electrons. The molecule has 0 saturated carbocycles. The highest BCUT2D eigenvalue weighted by molar-refractivity contribution is 5.39. The first-order chi connectivity index (χ1) is 15.5. The molecule has 32 heavy (non-hydrogen) atoms. The lowest BCUT2D eigenvalue weighted by molar-refractivity contribution is -0.0829. The van der Waals surface area contributed by atoms with Gasteiger partial charge in [0.2, 0.25) is 0 Å². The van der Waals surface area contributed by atoms with E-state index >= 15 is 0 Å². The Labute approximate surface area is 185 Å². The van der Waals surface area contributed by atoms with Crippen LogP contribution in [0.5, 0.6) is 5.75 Å². The number of nitrogens with one attached hydrogen (secondary N) is 1. The normalized spacial score (nSPS) is 23.8. The topological polar surface area (TPSA) is 79.6 Å². The zero-order chi connectivity index (χ0) is 22.4. The molecular weight excluding hydrogens is 418 g/mol. The number of benzene rings is 1. The standard InChI is InChI=1S/C23H26F2N4O3/c24-22(25)31-20-4-2-1-3-18(20)14-29-9-10-30-16-23(15-29)8-7-19(32-23)13-28-21-6-5-17(11-26)12-27-21/h1-6,12,19,22H,7-10,13-16H2,(H,27,28)/t19-,23-/m1/s1. The number of alkyl halides is 2. The van der Waals surface area contributed by atoms with Gasteiger partial charge in [0.15, 0.2) is 0 Å². The van der Waals surface area contributed by atoms with E-state index < -0.39 is 12.2 Å². The number of halogens is 2. The van der Waals surface area contributed by atoms with Crippen molar-refractivity contribution in [1.82, 2.24) is 9.88 Å². The van der Waals surface area contributed by atoms with Gasteiger partial charge in [-0.15, -0.1) is 0 Å². The van der Waals surface area contributed by atoms with Gasteiger partial charge in [-0.2, -0.15) is 14.0 Å². The number of hydrogen-bond acceptors (Lipinski definition) is 7. The predicted molar refractivity (Wildman–Crippen MR) is 113 cm³/mol. The van der Waals surface area contributed by atoms with Crippen molar-refractivity contribution in [2.45, 2.75) is 37.7 Å². The first-order valence-electron chi connectivity index (χ1n) is 10.7. The summed E-state index contributed by atoms with van der Waals surface area (Å²) in [7, 11) is 0. The number of anilines is 1. The third kappa shape index (κ3) is 5.71. The predicted octanol–water partition coefficient (Wildman–Crippen LogP) is 3.42. The van der Waals surface area contributed by atoms with E-state index in [1.165, 1.54) is 6.20 Å². The fourth-order valence-electron chi connectivity index (χ4n) is 4.25. The minimum absolute atomic E-state index is 0.00504. The Morgan fingerprint density at radius 2 is 2.19 bits per heavy atom. The monoisotopic (exact) mass is 444 g/mol. The molecule has 2 atom stereocenters. The molecule has 3 heterocycles. The number of para-hydroxylation sites is 1. The first kappa shape index (κ1) is 22.4. The molecule has 0 bridgehead atoms. The molecule has 1 aromatic carbocycles. The number of hydrogen-bond donors (Lipinski definition) is 1. The molecule has 4 rings (SSSR count). The van der Waals surface area contributed by atoms with E-state index in [4.69, 9.17) is 14.7 Å². The van der Waals surface area contributed by atoms with Crippen LogP contribution < -0.4 is 10.1 Å². The van der Waals surface area contributed by atoms with Crippen molar-refractivity contribution >= 4 is 5.82 Å². The van der Waals surface area contributed by atoms with Crippen molar-refractivity contribution in [3.05, 3.63) is 53.7 Å². The van der Waals surface area contributed by atoms with Gasteiger partial charge in [0.1, 0.15) is 23.2 Å². The summed E-state index contributed by atoms with van der Waals surface area (Å²) in [6.07, 6.45) is 3.27. The van der Waals surface area contributed by atoms with Crippen molar-refractivity contribution in [2.75, 3.05) is 38.2 Å². The van der Waals surface area contributed by atoms with Crippen LogP contribution in [0.1, 0.15) is 24.0 Å². The third-order valence-corrected chi connectivity index (χ3v) is 5.75. The molecule has 2 saturated heterocycles. The van der Waals surface area contributed by atoms with E-state index in [0.29, 0.717) is 56.3 Å². The van der Waals surface area contributed by atoms with E-state index in [1.54, 1.807) is 24.3 Å². The maximum absolute atomic E-state index is 12.8. The fourth-order valence-corrected chi connectivity index (χ4v) is 4.25. The molecule has 0 amide bonds. The number of aromatic nitrogens is 1. The number of pyridine rings is 1. The van der Waals surface area contributed by atoms with Gasteiger partial charge >= 0.3 is 6.61 Å². The average Bonchev–Trinajstić information content (AvgIpc) is 3.08. The van der Waals surface area contributed by atoms with E-state index in [-0.39, 0.29) is 11.9 Å². The SMILES string of the molecule is N#Cc1ccc(NC[C@H]2CC[C@@]3(COCCN(Cc4ccccc4OC(F)F)C3)O2)nc1. The summed E-state index contributed by atoms with van der Waals surface area (Å²) in [5.41, 5.74) is 0.801. The maximum atomic E-state index is 12.8. The molecule has 9 heteroatoms. The van der Waals surface area contributed by atoms with Gasteiger partial charge in [-0.25, -0.2) is 4.98 Å². The molecule has 1 spiro atoms. The minimum atomic E-state index is -2.85. The lowest BCUT2D eigenvalue weighted by Crippen LogP contribution is -2.44. The Morgan fingerprint density at radius 3 is 2.97 bits per heavy atom. The van der Waals surface area contributed by atoms with Crippen molar-refractivity contribution in [3.63, 3.8) is 0 Å². The van der Waals surface area contributed by atoms with Gasteiger partial charge in [-0.05, 0) is 31.0 Å².